The molecule has 1 saturated heterocycles. The number of carboxylic acids is 1. The second-order valence-electron chi connectivity index (χ2n) is 18.8. The van der Waals surface area contributed by atoms with Gasteiger partial charge in [-0.2, -0.15) is 0 Å². The minimum absolute atomic E-state index is 0.0728. The zero-order valence-corrected chi connectivity index (χ0v) is 40.9. The number of likely N-dealkylation sites (N-methyl/N-ethyl adjacent to an activating group) is 1. The van der Waals surface area contributed by atoms with E-state index in [1.807, 2.05) is 13.8 Å². The molecule has 4 amide bonds. The predicted octanol–water partition coefficient (Wildman–Crippen LogP) is 3.31. The molecule has 372 valence electrons. The molecule has 2 rings (SSSR count). The topological polar surface area (TPSA) is 265 Å². The number of likely N-dealkylation sites (tertiary alicyclic amines) is 1. The maximum Gasteiger partial charge on any atom is 0.408 e. The van der Waals surface area contributed by atoms with Crippen LogP contribution in [0.3, 0.4) is 0 Å². The number of aliphatic hydroxyl groups excluding tert-OH is 1. The van der Waals surface area contributed by atoms with Crippen molar-refractivity contribution in [2.24, 2.45) is 23.7 Å². The van der Waals surface area contributed by atoms with E-state index in [0.717, 1.165) is 5.56 Å². The van der Waals surface area contributed by atoms with Crippen molar-refractivity contribution in [3.63, 3.8) is 0 Å². The molecule has 1 aliphatic rings. The van der Waals surface area contributed by atoms with Crippen molar-refractivity contribution in [1.82, 2.24) is 26.2 Å². The summed E-state index contributed by atoms with van der Waals surface area (Å²) in [4.78, 5) is 108. The van der Waals surface area contributed by atoms with Crippen LogP contribution in [0.5, 0.6) is 5.75 Å². The molecule has 19 nitrogen and oxygen atoms in total. The van der Waals surface area contributed by atoms with Gasteiger partial charge in [0.2, 0.25) is 17.7 Å². The van der Waals surface area contributed by atoms with E-state index in [1.165, 1.54) is 25.9 Å². The van der Waals surface area contributed by atoms with Gasteiger partial charge in [-0.25, -0.2) is 9.59 Å². The maximum atomic E-state index is 14.1. The number of carbonyl (C=O) groups is 8. The summed E-state index contributed by atoms with van der Waals surface area (Å²) in [5.74, 6) is -7.78. The Hall–Kier alpha value is -5.30. The van der Waals surface area contributed by atoms with Gasteiger partial charge in [-0.1, -0.05) is 60.1 Å². The summed E-state index contributed by atoms with van der Waals surface area (Å²) in [6.45, 7) is 18.2. The third-order valence-electron chi connectivity index (χ3n) is 11.4. The second-order valence-corrected chi connectivity index (χ2v) is 18.8. The Kier molecular flexibility index (Phi) is 22.5. The number of carboxylic acid groups (broad SMARTS) is 1. The highest BCUT2D eigenvalue weighted by atomic mass is 16.6. The lowest BCUT2D eigenvalue weighted by atomic mass is 9.91. The Morgan fingerprint density at radius 3 is 2.00 bits per heavy atom. The summed E-state index contributed by atoms with van der Waals surface area (Å²) in [6.07, 6.45) is -4.36. The lowest BCUT2D eigenvalue weighted by Gasteiger charge is -2.33. The number of aliphatic carboxylic acids is 1. The van der Waals surface area contributed by atoms with E-state index in [0.29, 0.717) is 18.6 Å². The maximum absolute atomic E-state index is 14.1. The standard InChI is InChI=1S/C47H75N5O14/c1-14-27(6)37(50-42(57)38(51-46(62)66-47(9,10)11)29(8)64-45(61)33(48-12)23-30-17-19-31(63-13)20-18-30)35(53)24-36(54)65-40(26(4)5)39(55)28(7)41(56)49-32(22-25(2)3)43(58)52-21-15-16-34(52)44(59)60/h17-20,25-29,32-35,37-38,40,48,53H,14-16,21-24H2,1-13H3,(H,49,56)(H,50,57)(H,51,62)(H,59,60)/t27-,28?,29+,32-,33-,34-,35-,37+,38-,40-/m0/s1. The van der Waals surface area contributed by atoms with Gasteiger partial charge in [0.25, 0.3) is 0 Å². The van der Waals surface area contributed by atoms with Gasteiger partial charge in [0.1, 0.15) is 41.6 Å². The van der Waals surface area contributed by atoms with Crippen molar-refractivity contribution in [3.8, 4) is 5.75 Å². The van der Waals surface area contributed by atoms with Gasteiger partial charge in [0.15, 0.2) is 11.9 Å². The first-order chi connectivity index (χ1) is 30.7. The molecule has 1 aromatic rings. The normalized spacial score (nSPS) is 18.1. The number of amides is 4. The van der Waals surface area contributed by atoms with Gasteiger partial charge >= 0.3 is 24.0 Å². The molecule has 0 saturated carbocycles. The number of hydrogen-bond donors (Lipinski definition) is 6. The number of ether oxygens (including phenoxy) is 4. The number of esters is 2. The third-order valence-corrected chi connectivity index (χ3v) is 11.4. The fourth-order valence-corrected chi connectivity index (χ4v) is 7.45. The quantitative estimate of drug-likeness (QED) is 0.0467. The SMILES string of the molecule is CC[C@H](C)[C@@H](NC(=O)[C@@H](NC(=O)OC(C)(C)C)[C@@H](C)OC(=O)[C@H](Cc1ccc(OC)cc1)NC)[C@@H](O)CC(=O)O[C@H](C(=O)C(C)C(=O)N[C@@H](CC(C)C)C(=O)N1CCC[C@H]1C(=O)O)C(C)C. The van der Waals surface area contributed by atoms with Gasteiger partial charge in [0.05, 0.1) is 31.6 Å². The molecule has 10 atom stereocenters. The van der Waals surface area contributed by atoms with E-state index in [2.05, 4.69) is 21.3 Å². The second kappa shape index (κ2) is 26.1. The summed E-state index contributed by atoms with van der Waals surface area (Å²) < 4.78 is 22.0. The van der Waals surface area contributed by atoms with Crippen LogP contribution in [0.2, 0.25) is 0 Å². The minimum Gasteiger partial charge on any atom is -0.497 e. The van der Waals surface area contributed by atoms with Crippen molar-refractivity contribution in [3.05, 3.63) is 29.8 Å². The molecule has 66 heavy (non-hydrogen) atoms. The smallest absolute Gasteiger partial charge is 0.408 e. The molecule has 0 spiro atoms. The number of hydrogen-bond acceptors (Lipinski definition) is 14. The number of aliphatic hydroxyl groups is 1. The Labute approximate surface area is 389 Å². The van der Waals surface area contributed by atoms with E-state index >= 15 is 0 Å². The van der Waals surface area contributed by atoms with Crippen LogP contribution in [-0.2, 0) is 54.2 Å². The van der Waals surface area contributed by atoms with Gasteiger partial charge in [-0.15, -0.1) is 0 Å². The molecule has 1 unspecified atom stereocenters. The molecule has 1 aliphatic heterocycles. The Morgan fingerprint density at radius 2 is 1.48 bits per heavy atom. The monoisotopic (exact) mass is 934 g/mol. The van der Waals surface area contributed by atoms with Gasteiger partial charge in [0, 0.05) is 6.54 Å². The van der Waals surface area contributed by atoms with Crippen molar-refractivity contribution in [2.75, 3.05) is 20.7 Å². The first-order valence-electron chi connectivity index (χ1n) is 22.8. The summed E-state index contributed by atoms with van der Waals surface area (Å²) in [7, 11) is 3.11. The van der Waals surface area contributed by atoms with E-state index in [4.69, 9.17) is 18.9 Å². The van der Waals surface area contributed by atoms with Gasteiger partial charge in [-0.3, -0.25) is 28.8 Å². The van der Waals surface area contributed by atoms with Crippen LogP contribution in [0.15, 0.2) is 24.3 Å². The molecule has 1 fully saturated rings. The molecular weight excluding hydrogens is 859 g/mol. The van der Waals surface area contributed by atoms with E-state index in [9.17, 15) is 48.6 Å². The molecular formula is C47H75N5O14. The number of ketones is 1. The van der Waals surface area contributed by atoms with E-state index in [-0.39, 0.29) is 31.7 Å². The number of nitrogens with zero attached hydrogens (tertiary/aromatic N) is 1. The number of Topliss-reactive ketones (excluding diaryl/α,β-unsaturated/α-hetero) is 1. The summed E-state index contributed by atoms with van der Waals surface area (Å²) in [5, 5.41) is 31.9. The lowest BCUT2D eigenvalue weighted by Crippen LogP contribution is -2.59. The first kappa shape index (κ1) is 56.8. The highest BCUT2D eigenvalue weighted by molar-refractivity contribution is 6.05. The number of alkyl carbamates (subject to hydrolysis) is 1. The van der Waals surface area contributed by atoms with Crippen LogP contribution < -0.4 is 26.0 Å². The fraction of sp³-hybridized carbons (Fsp3) is 0.702. The minimum atomic E-state index is -1.58. The number of methoxy groups -OCH3 is 1. The van der Waals surface area contributed by atoms with E-state index < -0.39 is 126 Å². The third kappa shape index (κ3) is 17.5. The van der Waals surface area contributed by atoms with Gasteiger partial charge < -0.3 is 55.3 Å². The molecule has 1 heterocycles. The van der Waals surface area contributed by atoms with Gasteiger partial charge in [-0.05, 0) is 103 Å². The molecule has 0 aliphatic carbocycles. The van der Waals surface area contributed by atoms with Crippen LogP contribution in [0.25, 0.3) is 0 Å². The average molecular weight is 934 g/mol. The summed E-state index contributed by atoms with van der Waals surface area (Å²) in [6, 6.07) is 1.47. The zero-order valence-electron chi connectivity index (χ0n) is 40.9. The Morgan fingerprint density at radius 1 is 0.864 bits per heavy atom. The number of nitrogens with one attached hydrogen (secondary N) is 4. The number of benzene rings is 1. The van der Waals surface area contributed by atoms with Crippen molar-refractivity contribution in [2.45, 2.75) is 169 Å². The highest BCUT2D eigenvalue weighted by Crippen LogP contribution is 2.23. The van der Waals surface area contributed by atoms with Crippen LogP contribution in [0.1, 0.15) is 114 Å². The average Bonchev–Trinajstić information content (AvgIpc) is 3.74. The first-order valence-corrected chi connectivity index (χ1v) is 22.8. The number of rotatable bonds is 25. The molecule has 6 N–H and O–H groups in total. The van der Waals surface area contributed by atoms with Crippen molar-refractivity contribution >= 4 is 47.5 Å². The number of carbonyl (C=O) groups excluding carboxylic acids is 7. The van der Waals surface area contributed by atoms with Crippen LogP contribution in [0.4, 0.5) is 4.79 Å². The van der Waals surface area contributed by atoms with Crippen LogP contribution in [0, 0.1) is 23.7 Å². The lowest BCUT2D eigenvalue weighted by molar-refractivity contribution is -0.162. The molecule has 0 radical (unpaired) electrons. The fourth-order valence-electron chi connectivity index (χ4n) is 7.45. The molecule has 0 aromatic heterocycles. The van der Waals surface area contributed by atoms with Crippen LogP contribution in [-0.4, -0.2) is 137 Å². The zero-order chi connectivity index (χ0) is 50.2. The predicted molar refractivity (Wildman–Crippen MR) is 243 cm³/mol. The Balaban J connectivity index is 2.26. The molecule has 19 heteroatoms. The van der Waals surface area contributed by atoms with E-state index in [1.54, 1.807) is 79.8 Å². The van der Waals surface area contributed by atoms with Crippen molar-refractivity contribution < 1.29 is 67.5 Å². The largest absolute Gasteiger partial charge is 0.497 e. The van der Waals surface area contributed by atoms with Crippen LogP contribution >= 0.6 is 0 Å². The van der Waals surface area contributed by atoms with Crippen molar-refractivity contribution in [1.29, 1.82) is 0 Å². The summed E-state index contributed by atoms with van der Waals surface area (Å²) in [5.41, 5.74) is -0.160. The Bertz CT molecular complexity index is 1820. The molecule has 0 bridgehead atoms. The summed E-state index contributed by atoms with van der Waals surface area (Å²) >= 11 is 0. The highest BCUT2D eigenvalue weighted by Gasteiger charge is 2.41. The molecule has 1 aromatic carbocycles.